The quantitative estimate of drug-likeness (QED) is 0.0261. The van der Waals surface area contributed by atoms with Gasteiger partial charge in [0.25, 0.3) is 0 Å². The van der Waals surface area contributed by atoms with Crippen LogP contribution < -0.4 is 0 Å². The highest BCUT2D eigenvalue weighted by Crippen LogP contribution is 2.15. The second-order valence-electron chi connectivity index (χ2n) is 19.9. The molecule has 6 heteroatoms. The number of hydrogen-bond acceptors (Lipinski definition) is 6. The van der Waals surface area contributed by atoms with Gasteiger partial charge in [0.2, 0.25) is 0 Å². The molecule has 0 fully saturated rings. The summed E-state index contributed by atoms with van der Waals surface area (Å²) in [5.41, 5.74) is 0. The van der Waals surface area contributed by atoms with Crippen molar-refractivity contribution >= 4 is 17.9 Å². The molecule has 0 saturated carbocycles. The summed E-state index contributed by atoms with van der Waals surface area (Å²) >= 11 is 0. The SMILES string of the molecule is CC/C=C\C/C=C\C/C=C\C/C=C\C/C=C\C/C=C\CCCCCCCCCCCCCCC(=O)OCC(COC(=O)CCCCCCCCCCCCC)OC(=O)C/C=C\C/C=C\C/C=C\C/C=C\C/C=C\CC. The lowest BCUT2D eigenvalue weighted by Gasteiger charge is -2.18. The van der Waals surface area contributed by atoms with E-state index in [1.165, 1.54) is 116 Å². The molecule has 0 aromatic rings. The van der Waals surface area contributed by atoms with E-state index in [1.54, 1.807) is 6.08 Å². The van der Waals surface area contributed by atoms with E-state index in [4.69, 9.17) is 14.2 Å². The highest BCUT2D eigenvalue weighted by atomic mass is 16.6. The molecule has 0 aromatic heterocycles. The third kappa shape index (κ3) is 60.3. The normalized spacial score (nSPS) is 13.1. The number of ether oxygens (including phenoxy) is 3. The Morgan fingerprint density at radius 2 is 0.560 bits per heavy atom. The Labute approximate surface area is 462 Å². The van der Waals surface area contributed by atoms with E-state index in [9.17, 15) is 14.4 Å². The van der Waals surface area contributed by atoms with E-state index in [-0.39, 0.29) is 31.6 Å². The Kier molecular flexibility index (Phi) is 58.4. The molecule has 0 amide bonds. The molecule has 6 nitrogen and oxygen atoms in total. The molecule has 0 heterocycles. The first-order valence-electron chi connectivity index (χ1n) is 30.7. The van der Waals surface area contributed by atoms with Crippen LogP contribution in [0.5, 0.6) is 0 Å². The van der Waals surface area contributed by atoms with Crippen LogP contribution in [0.1, 0.15) is 265 Å². The predicted molar refractivity (Wildman–Crippen MR) is 325 cm³/mol. The van der Waals surface area contributed by atoms with Gasteiger partial charge in [-0.05, 0) is 96.3 Å². The molecule has 0 radical (unpaired) electrons. The molecule has 0 aliphatic heterocycles. The number of carbonyl (C=O) groups is 3. The first-order chi connectivity index (χ1) is 37.0. The highest BCUT2D eigenvalue weighted by Gasteiger charge is 2.19. The lowest BCUT2D eigenvalue weighted by atomic mass is 10.0. The Morgan fingerprint density at radius 3 is 0.880 bits per heavy atom. The monoisotopic (exact) mass is 1040 g/mol. The van der Waals surface area contributed by atoms with Crippen molar-refractivity contribution in [2.24, 2.45) is 0 Å². The Balaban J connectivity index is 4.27. The first kappa shape index (κ1) is 70.5. The van der Waals surface area contributed by atoms with Crippen molar-refractivity contribution in [1.82, 2.24) is 0 Å². The summed E-state index contributed by atoms with van der Waals surface area (Å²) in [5, 5.41) is 0. The van der Waals surface area contributed by atoms with Crippen LogP contribution in [0.3, 0.4) is 0 Å². The third-order valence-electron chi connectivity index (χ3n) is 12.7. The molecular formula is C69H112O6. The van der Waals surface area contributed by atoms with Crippen LogP contribution in [-0.4, -0.2) is 37.2 Å². The molecule has 0 rings (SSSR count). The Bertz CT molecular complexity index is 1620. The van der Waals surface area contributed by atoms with E-state index in [0.717, 1.165) is 109 Å². The zero-order chi connectivity index (χ0) is 54.3. The molecule has 1 unspecified atom stereocenters. The van der Waals surface area contributed by atoms with Crippen LogP contribution in [-0.2, 0) is 28.6 Å². The topological polar surface area (TPSA) is 78.9 Å². The summed E-state index contributed by atoms with van der Waals surface area (Å²) < 4.78 is 16.7. The Hall–Kier alpha value is -4.45. The number of esters is 3. The highest BCUT2D eigenvalue weighted by molar-refractivity contribution is 5.72. The summed E-state index contributed by atoms with van der Waals surface area (Å²) in [6.45, 7) is 6.32. The molecule has 424 valence electrons. The summed E-state index contributed by atoms with van der Waals surface area (Å²) in [6, 6.07) is 0. The van der Waals surface area contributed by atoms with Crippen LogP contribution in [0.2, 0.25) is 0 Å². The van der Waals surface area contributed by atoms with Crippen LogP contribution >= 0.6 is 0 Å². The van der Waals surface area contributed by atoms with Gasteiger partial charge >= 0.3 is 17.9 Å². The van der Waals surface area contributed by atoms with Gasteiger partial charge < -0.3 is 14.2 Å². The lowest BCUT2D eigenvalue weighted by Crippen LogP contribution is -2.30. The van der Waals surface area contributed by atoms with Crippen LogP contribution in [0.15, 0.2) is 134 Å². The maximum atomic E-state index is 12.8. The second-order valence-corrected chi connectivity index (χ2v) is 19.9. The summed E-state index contributed by atoms with van der Waals surface area (Å²) in [6.07, 6.45) is 87.8. The molecule has 0 N–H and O–H groups in total. The van der Waals surface area contributed by atoms with Crippen molar-refractivity contribution < 1.29 is 28.6 Å². The van der Waals surface area contributed by atoms with Crippen LogP contribution in [0.4, 0.5) is 0 Å². The lowest BCUT2D eigenvalue weighted by molar-refractivity contribution is -0.166. The van der Waals surface area contributed by atoms with Gasteiger partial charge in [-0.15, -0.1) is 0 Å². The van der Waals surface area contributed by atoms with Gasteiger partial charge in [0.1, 0.15) is 13.2 Å². The van der Waals surface area contributed by atoms with Gasteiger partial charge in [0, 0.05) is 12.8 Å². The maximum Gasteiger partial charge on any atom is 0.310 e. The summed E-state index contributed by atoms with van der Waals surface area (Å²) in [4.78, 5) is 38.1. The van der Waals surface area contributed by atoms with E-state index in [2.05, 4.69) is 142 Å². The zero-order valence-corrected chi connectivity index (χ0v) is 48.5. The van der Waals surface area contributed by atoms with Crippen molar-refractivity contribution in [2.75, 3.05) is 13.2 Å². The van der Waals surface area contributed by atoms with Crippen molar-refractivity contribution in [3.63, 3.8) is 0 Å². The van der Waals surface area contributed by atoms with Gasteiger partial charge in [-0.3, -0.25) is 14.4 Å². The van der Waals surface area contributed by atoms with E-state index in [0.29, 0.717) is 12.8 Å². The van der Waals surface area contributed by atoms with Crippen molar-refractivity contribution in [2.45, 2.75) is 271 Å². The number of allylic oxidation sites excluding steroid dienone is 21. The molecule has 0 bridgehead atoms. The summed E-state index contributed by atoms with van der Waals surface area (Å²) in [7, 11) is 0. The molecule has 1 atom stereocenters. The fourth-order valence-corrected chi connectivity index (χ4v) is 8.17. The number of hydrogen-bond donors (Lipinski definition) is 0. The van der Waals surface area contributed by atoms with E-state index < -0.39 is 12.1 Å². The van der Waals surface area contributed by atoms with Gasteiger partial charge in [-0.25, -0.2) is 0 Å². The van der Waals surface area contributed by atoms with Gasteiger partial charge in [-0.1, -0.05) is 283 Å². The summed E-state index contributed by atoms with van der Waals surface area (Å²) in [5.74, 6) is -1.05. The number of unbranched alkanes of at least 4 members (excludes halogenated alkanes) is 22. The van der Waals surface area contributed by atoms with E-state index >= 15 is 0 Å². The second kappa shape index (κ2) is 62.1. The van der Waals surface area contributed by atoms with E-state index in [1.807, 2.05) is 6.08 Å². The smallest absolute Gasteiger partial charge is 0.310 e. The van der Waals surface area contributed by atoms with Gasteiger partial charge in [-0.2, -0.15) is 0 Å². The van der Waals surface area contributed by atoms with Crippen molar-refractivity contribution in [3.8, 4) is 0 Å². The standard InChI is InChI=1S/C69H112O6/c1-4-7-10-13-16-19-22-24-26-27-28-29-30-31-32-33-34-35-36-37-38-39-40-41-43-44-47-50-53-56-59-62-68(71)74-65-66(64-73-67(70)61-58-55-52-49-46-21-18-15-12-9-6-3)75-69(72)63-60-57-54-51-48-45-42-25-23-20-17-14-11-8-5-2/h7-8,10-11,16-17,19-20,24-26,28-29,31-32,34-35,42,48,51,57,60,66H,4-6,9,12-15,18,21-23,27,30,33,36-41,43-47,49-50,52-56,58-59,61-65H2,1-3H3/b10-7-,11-8-,19-16-,20-17-,26-24-,29-28-,32-31-,35-34-,42-25-,51-48-,60-57-. The molecule has 0 aliphatic carbocycles. The maximum absolute atomic E-state index is 12.8. The third-order valence-corrected chi connectivity index (χ3v) is 12.7. The fraction of sp³-hybridized carbons (Fsp3) is 0.638. The van der Waals surface area contributed by atoms with Crippen molar-refractivity contribution in [1.29, 1.82) is 0 Å². The molecule has 0 aromatic carbocycles. The minimum absolute atomic E-state index is 0.0942. The first-order valence-corrected chi connectivity index (χ1v) is 30.7. The largest absolute Gasteiger partial charge is 0.462 e. The fourth-order valence-electron chi connectivity index (χ4n) is 8.17. The molecule has 0 saturated heterocycles. The number of rotatable bonds is 54. The molecule has 75 heavy (non-hydrogen) atoms. The molecule has 0 spiro atoms. The van der Waals surface area contributed by atoms with Crippen LogP contribution in [0.25, 0.3) is 0 Å². The van der Waals surface area contributed by atoms with Crippen LogP contribution in [0, 0.1) is 0 Å². The van der Waals surface area contributed by atoms with Gasteiger partial charge in [0.15, 0.2) is 6.10 Å². The average Bonchev–Trinajstić information content (AvgIpc) is 3.41. The predicted octanol–water partition coefficient (Wildman–Crippen LogP) is 21.0. The minimum Gasteiger partial charge on any atom is -0.462 e. The molecular weight excluding hydrogens is 925 g/mol. The minimum atomic E-state index is -0.834. The average molecular weight is 1040 g/mol. The number of carbonyl (C=O) groups excluding carboxylic acids is 3. The Morgan fingerprint density at radius 1 is 0.293 bits per heavy atom. The van der Waals surface area contributed by atoms with Crippen molar-refractivity contribution in [3.05, 3.63) is 134 Å². The van der Waals surface area contributed by atoms with Gasteiger partial charge in [0.05, 0.1) is 6.42 Å². The molecule has 0 aliphatic rings. The zero-order valence-electron chi connectivity index (χ0n) is 48.5.